The van der Waals surface area contributed by atoms with Gasteiger partial charge in [0.05, 0.1) is 13.2 Å². The van der Waals surface area contributed by atoms with E-state index in [0.29, 0.717) is 18.9 Å². The maximum Gasteiger partial charge on any atom is 0.262 e. The average Bonchev–Trinajstić information content (AvgIpc) is 2.56. The van der Waals surface area contributed by atoms with Crippen LogP contribution in [0.3, 0.4) is 0 Å². The molecule has 1 amide bonds. The summed E-state index contributed by atoms with van der Waals surface area (Å²) >= 11 is 0. The van der Waals surface area contributed by atoms with E-state index >= 15 is 0 Å². The van der Waals surface area contributed by atoms with Crippen LogP contribution in [0.2, 0.25) is 0 Å². The van der Waals surface area contributed by atoms with Gasteiger partial charge in [0.2, 0.25) is 0 Å². The molecule has 0 bridgehead atoms. The van der Waals surface area contributed by atoms with E-state index in [-0.39, 0.29) is 11.3 Å². The maximum atomic E-state index is 13.7. The number of aromatic hydroxyl groups is 1. The lowest BCUT2D eigenvalue weighted by atomic mass is 10.1. The van der Waals surface area contributed by atoms with Crippen molar-refractivity contribution in [1.82, 2.24) is 0 Å². The second kappa shape index (κ2) is 6.66. The number of anilines is 2. The van der Waals surface area contributed by atoms with Gasteiger partial charge < -0.3 is 20.1 Å². The molecule has 0 atom stereocenters. The van der Waals surface area contributed by atoms with E-state index in [1.54, 1.807) is 6.07 Å². The Bertz CT molecular complexity index is 694. The van der Waals surface area contributed by atoms with E-state index in [2.05, 4.69) is 10.2 Å². The van der Waals surface area contributed by atoms with Gasteiger partial charge in [-0.25, -0.2) is 4.39 Å². The van der Waals surface area contributed by atoms with Crippen LogP contribution in [0.25, 0.3) is 0 Å². The molecular formula is C17H17FN2O3. The lowest BCUT2D eigenvalue weighted by molar-refractivity contribution is 0.102. The van der Waals surface area contributed by atoms with Crippen LogP contribution in [0.4, 0.5) is 15.8 Å². The molecule has 0 saturated carbocycles. The highest BCUT2D eigenvalue weighted by Gasteiger charge is 2.17. The molecule has 1 fully saturated rings. The number of benzene rings is 2. The summed E-state index contributed by atoms with van der Waals surface area (Å²) in [6.45, 7) is 2.90. The molecule has 3 rings (SSSR count). The second-order valence-corrected chi connectivity index (χ2v) is 5.24. The van der Waals surface area contributed by atoms with Crippen molar-refractivity contribution < 1.29 is 19.0 Å². The molecule has 1 saturated heterocycles. The van der Waals surface area contributed by atoms with Gasteiger partial charge in [-0.15, -0.1) is 0 Å². The molecule has 120 valence electrons. The third-order valence-corrected chi connectivity index (χ3v) is 3.70. The quantitative estimate of drug-likeness (QED) is 0.914. The summed E-state index contributed by atoms with van der Waals surface area (Å²) in [6.07, 6.45) is 0. The maximum absolute atomic E-state index is 13.7. The third kappa shape index (κ3) is 3.43. The molecular weight excluding hydrogens is 299 g/mol. The smallest absolute Gasteiger partial charge is 0.262 e. The van der Waals surface area contributed by atoms with Crippen LogP contribution < -0.4 is 10.2 Å². The summed E-state index contributed by atoms with van der Waals surface area (Å²) in [6, 6.07) is 11.1. The van der Waals surface area contributed by atoms with Crippen molar-refractivity contribution in [3.05, 3.63) is 53.8 Å². The minimum atomic E-state index is -0.758. The Morgan fingerprint density at radius 2 is 1.91 bits per heavy atom. The first-order valence-electron chi connectivity index (χ1n) is 7.37. The highest BCUT2D eigenvalue weighted by Crippen LogP contribution is 2.24. The number of nitrogens with zero attached hydrogens (tertiary/aromatic N) is 1. The lowest BCUT2D eigenvalue weighted by Gasteiger charge is -2.29. The molecule has 2 aromatic rings. The summed E-state index contributed by atoms with van der Waals surface area (Å²) in [5.41, 5.74) is 1.15. The monoisotopic (exact) mass is 316 g/mol. The van der Waals surface area contributed by atoms with Gasteiger partial charge in [0, 0.05) is 24.5 Å². The zero-order chi connectivity index (χ0) is 16.2. The largest absolute Gasteiger partial charge is 0.507 e. The third-order valence-electron chi connectivity index (χ3n) is 3.70. The van der Waals surface area contributed by atoms with Crippen molar-refractivity contribution >= 4 is 17.3 Å². The first-order valence-corrected chi connectivity index (χ1v) is 7.37. The highest BCUT2D eigenvalue weighted by molar-refractivity contribution is 6.06. The number of amides is 1. The van der Waals surface area contributed by atoms with Crippen LogP contribution in [0.15, 0.2) is 42.5 Å². The van der Waals surface area contributed by atoms with Gasteiger partial charge in [-0.3, -0.25) is 4.79 Å². The number of rotatable bonds is 3. The van der Waals surface area contributed by atoms with Crippen LogP contribution in [-0.2, 0) is 4.74 Å². The Hall–Kier alpha value is -2.60. The van der Waals surface area contributed by atoms with Gasteiger partial charge in [-0.05, 0) is 30.3 Å². The summed E-state index contributed by atoms with van der Waals surface area (Å²) in [5, 5.41) is 12.3. The molecule has 2 aromatic carbocycles. The molecule has 23 heavy (non-hydrogen) atoms. The minimum absolute atomic E-state index is 0.357. The van der Waals surface area contributed by atoms with E-state index in [1.165, 1.54) is 12.1 Å². The summed E-state index contributed by atoms with van der Waals surface area (Å²) in [4.78, 5) is 14.4. The molecule has 1 aliphatic heterocycles. The first kappa shape index (κ1) is 15.3. The van der Waals surface area contributed by atoms with Crippen molar-refractivity contribution in [3.8, 4) is 5.75 Å². The Morgan fingerprint density at radius 3 is 2.65 bits per heavy atom. The molecule has 0 unspecified atom stereocenters. The van der Waals surface area contributed by atoms with Crippen molar-refractivity contribution in [1.29, 1.82) is 0 Å². The number of ether oxygens (including phenoxy) is 1. The summed E-state index contributed by atoms with van der Waals surface area (Å²) in [5.74, 6) is -1.82. The van der Waals surface area contributed by atoms with Crippen LogP contribution in [0.5, 0.6) is 5.75 Å². The van der Waals surface area contributed by atoms with Crippen LogP contribution in [-0.4, -0.2) is 37.3 Å². The fourth-order valence-electron chi connectivity index (χ4n) is 2.53. The Labute approximate surface area is 133 Å². The second-order valence-electron chi connectivity index (χ2n) is 5.24. The predicted molar refractivity (Wildman–Crippen MR) is 85.5 cm³/mol. The number of halogens is 1. The number of morpholine rings is 1. The van der Waals surface area contributed by atoms with Gasteiger partial charge >= 0.3 is 0 Å². The van der Waals surface area contributed by atoms with E-state index < -0.39 is 11.7 Å². The van der Waals surface area contributed by atoms with E-state index in [1.807, 2.05) is 18.2 Å². The van der Waals surface area contributed by atoms with E-state index in [0.717, 1.165) is 24.8 Å². The fourth-order valence-corrected chi connectivity index (χ4v) is 2.53. The van der Waals surface area contributed by atoms with Gasteiger partial charge in [-0.1, -0.05) is 12.1 Å². The highest BCUT2D eigenvalue weighted by atomic mass is 19.1. The van der Waals surface area contributed by atoms with Crippen LogP contribution in [0, 0.1) is 5.82 Å². The Morgan fingerprint density at radius 1 is 1.17 bits per heavy atom. The van der Waals surface area contributed by atoms with Crippen molar-refractivity contribution in [2.75, 3.05) is 36.5 Å². The molecule has 5 nitrogen and oxygen atoms in total. The summed E-state index contributed by atoms with van der Waals surface area (Å²) in [7, 11) is 0. The fraction of sp³-hybridized carbons (Fsp3) is 0.235. The van der Waals surface area contributed by atoms with Crippen molar-refractivity contribution in [2.24, 2.45) is 0 Å². The molecule has 6 heteroatoms. The molecule has 0 radical (unpaired) electrons. The van der Waals surface area contributed by atoms with Gasteiger partial charge in [0.1, 0.15) is 17.1 Å². The molecule has 0 aromatic heterocycles. The SMILES string of the molecule is O=C(Nc1cccc(N2CCOCC2)c1)c1c(O)cccc1F. The molecule has 2 N–H and O–H groups in total. The number of carbonyl (C=O) groups excluding carboxylic acids is 1. The van der Waals surface area contributed by atoms with Gasteiger partial charge in [0.15, 0.2) is 0 Å². The topological polar surface area (TPSA) is 61.8 Å². The standard InChI is InChI=1S/C17H17FN2O3/c18-14-5-2-6-15(21)16(14)17(22)19-12-3-1-4-13(11-12)20-7-9-23-10-8-20/h1-6,11,21H,7-10H2,(H,19,22). The van der Waals surface area contributed by atoms with Gasteiger partial charge in [-0.2, -0.15) is 0 Å². The summed E-state index contributed by atoms with van der Waals surface area (Å²) < 4.78 is 19.1. The van der Waals surface area contributed by atoms with Crippen LogP contribution in [0.1, 0.15) is 10.4 Å². The van der Waals surface area contributed by atoms with Gasteiger partial charge in [0.25, 0.3) is 5.91 Å². The van der Waals surface area contributed by atoms with E-state index in [4.69, 9.17) is 4.74 Å². The number of phenols is 1. The number of hydrogen-bond donors (Lipinski definition) is 2. The average molecular weight is 316 g/mol. The molecule has 1 aliphatic rings. The van der Waals surface area contributed by atoms with E-state index in [9.17, 15) is 14.3 Å². The number of nitrogens with one attached hydrogen (secondary N) is 1. The molecule has 0 aliphatic carbocycles. The Balaban J connectivity index is 1.79. The molecule has 1 heterocycles. The lowest BCUT2D eigenvalue weighted by Crippen LogP contribution is -2.36. The van der Waals surface area contributed by atoms with Crippen LogP contribution >= 0.6 is 0 Å². The number of carbonyl (C=O) groups is 1. The van der Waals surface area contributed by atoms with Crippen molar-refractivity contribution in [3.63, 3.8) is 0 Å². The number of phenolic OH excluding ortho intramolecular Hbond substituents is 1. The predicted octanol–water partition coefficient (Wildman–Crippen LogP) is 2.62. The first-order chi connectivity index (χ1) is 11.1. The number of hydrogen-bond acceptors (Lipinski definition) is 4. The Kier molecular flexibility index (Phi) is 4.43. The van der Waals surface area contributed by atoms with Crippen molar-refractivity contribution in [2.45, 2.75) is 0 Å². The normalized spacial score (nSPS) is 14.6. The zero-order valence-corrected chi connectivity index (χ0v) is 12.5. The minimum Gasteiger partial charge on any atom is -0.507 e. The molecule has 0 spiro atoms. The zero-order valence-electron chi connectivity index (χ0n) is 12.5.